The van der Waals surface area contributed by atoms with Gasteiger partial charge in [0.25, 0.3) is 0 Å². The molecule has 1 saturated carbocycles. The maximum absolute atomic E-state index is 11.0. The first-order chi connectivity index (χ1) is 6.70. The number of alkyl carbamates (subject to hydrolysis) is 1. The second-order valence-electron chi connectivity index (χ2n) is 4.39. The quantitative estimate of drug-likeness (QED) is 0.559. The maximum Gasteiger partial charge on any atom is 0.407 e. The molecule has 2 heterocycles. The van der Waals surface area contributed by atoms with Gasteiger partial charge in [-0.1, -0.05) is 0 Å². The van der Waals surface area contributed by atoms with Crippen LogP contribution in [0, 0.1) is 5.92 Å². The fourth-order valence-electron chi connectivity index (χ4n) is 2.83. The second-order valence-corrected chi connectivity index (χ2v) is 4.39. The molecule has 0 aromatic carbocycles. The third kappa shape index (κ3) is 0.994. The van der Waals surface area contributed by atoms with Crippen LogP contribution in [0.2, 0.25) is 0 Å². The van der Waals surface area contributed by atoms with E-state index in [1.807, 2.05) is 0 Å². The minimum atomic E-state index is -0.501. The molecule has 2 aliphatic heterocycles. The Balaban J connectivity index is 1.85. The fourth-order valence-corrected chi connectivity index (χ4v) is 2.83. The lowest BCUT2D eigenvalue weighted by atomic mass is 9.88. The van der Waals surface area contributed by atoms with Crippen LogP contribution in [0.25, 0.3) is 0 Å². The number of ether oxygens (including phenoxy) is 2. The number of aliphatic hydroxyl groups is 1. The highest BCUT2D eigenvalue weighted by molar-refractivity contribution is 5.70. The van der Waals surface area contributed by atoms with Gasteiger partial charge in [-0.3, -0.25) is 0 Å². The van der Waals surface area contributed by atoms with E-state index in [9.17, 15) is 9.90 Å². The summed E-state index contributed by atoms with van der Waals surface area (Å²) in [7, 11) is 0. The van der Waals surface area contributed by atoms with Gasteiger partial charge in [0.2, 0.25) is 0 Å². The van der Waals surface area contributed by atoms with E-state index < -0.39 is 5.60 Å². The fraction of sp³-hybridized carbons (Fsp3) is 0.889. The van der Waals surface area contributed by atoms with Crippen LogP contribution in [-0.4, -0.2) is 42.2 Å². The number of carbonyl (C=O) groups excluding carboxylic acids is 1. The van der Waals surface area contributed by atoms with E-state index in [-0.39, 0.29) is 24.2 Å². The van der Waals surface area contributed by atoms with Crippen molar-refractivity contribution in [3.63, 3.8) is 0 Å². The van der Waals surface area contributed by atoms with Gasteiger partial charge in [0, 0.05) is 5.92 Å². The van der Waals surface area contributed by atoms with Crippen LogP contribution in [0.3, 0.4) is 0 Å². The lowest BCUT2D eigenvalue weighted by Crippen LogP contribution is -2.41. The molecule has 0 aromatic heterocycles. The SMILES string of the molecule is O=C1NCC2(COC3CC(O)CC32)O1. The van der Waals surface area contributed by atoms with Gasteiger partial charge in [-0.2, -0.15) is 0 Å². The monoisotopic (exact) mass is 199 g/mol. The van der Waals surface area contributed by atoms with Crippen LogP contribution in [0.15, 0.2) is 0 Å². The summed E-state index contributed by atoms with van der Waals surface area (Å²) in [5, 5.41) is 12.2. The van der Waals surface area contributed by atoms with Crippen LogP contribution >= 0.6 is 0 Å². The first-order valence-corrected chi connectivity index (χ1v) is 4.96. The number of rotatable bonds is 0. The van der Waals surface area contributed by atoms with Gasteiger partial charge in [0.1, 0.15) is 0 Å². The van der Waals surface area contributed by atoms with Crippen LogP contribution in [0.1, 0.15) is 12.8 Å². The number of carbonyl (C=O) groups is 1. The van der Waals surface area contributed by atoms with E-state index in [0.29, 0.717) is 26.0 Å². The average Bonchev–Trinajstić information content (AvgIpc) is 2.74. The largest absolute Gasteiger partial charge is 0.438 e. The molecule has 1 amide bonds. The Morgan fingerprint density at radius 1 is 1.50 bits per heavy atom. The van der Waals surface area contributed by atoms with Crippen molar-refractivity contribution >= 4 is 6.09 Å². The summed E-state index contributed by atoms with van der Waals surface area (Å²) < 4.78 is 10.8. The van der Waals surface area contributed by atoms with Crippen molar-refractivity contribution in [1.29, 1.82) is 0 Å². The summed E-state index contributed by atoms with van der Waals surface area (Å²) in [6.45, 7) is 0.980. The standard InChI is InChI=1S/C9H13NO4/c11-5-1-6-7(2-5)13-4-9(6)3-10-8(12)14-9/h5-7,11H,1-4H2,(H,10,12). The molecule has 0 radical (unpaired) electrons. The van der Waals surface area contributed by atoms with Crippen molar-refractivity contribution in [3.05, 3.63) is 0 Å². The van der Waals surface area contributed by atoms with Crippen molar-refractivity contribution in [2.75, 3.05) is 13.2 Å². The Morgan fingerprint density at radius 3 is 3.07 bits per heavy atom. The van der Waals surface area contributed by atoms with Crippen molar-refractivity contribution in [2.24, 2.45) is 5.92 Å². The molecule has 0 bridgehead atoms. The van der Waals surface area contributed by atoms with Crippen LogP contribution < -0.4 is 5.32 Å². The Bertz CT molecular complexity index is 282. The third-order valence-electron chi connectivity index (χ3n) is 3.52. The maximum atomic E-state index is 11.0. The predicted octanol–water partition coefficient (Wildman–Crippen LogP) is -0.365. The molecule has 4 unspecified atom stereocenters. The third-order valence-corrected chi connectivity index (χ3v) is 3.52. The number of nitrogens with one attached hydrogen (secondary N) is 1. The number of hydrogen-bond acceptors (Lipinski definition) is 4. The van der Waals surface area contributed by atoms with Crippen LogP contribution in [0.5, 0.6) is 0 Å². The molecule has 1 aliphatic carbocycles. The minimum Gasteiger partial charge on any atom is -0.438 e. The van der Waals surface area contributed by atoms with Gasteiger partial charge >= 0.3 is 6.09 Å². The lowest BCUT2D eigenvalue weighted by Gasteiger charge is -2.25. The minimum absolute atomic E-state index is 0.0673. The molecule has 0 aromatic rings. The van der Waals surface area contributed by atoms with Gasteiger partial charge in [0.15, 0.2) is 5.60 Å². The molecule has 3 rings (SSSR count). The van der Waals surface area contributed by atoms with E-state index in [1.54, 1.807) is 0 Å². The van der Waals surface area contributed by atoms with Gasteiger partial charge in [-0.05, 0) is 12.8 Å². The number of hydrogen-bond donors (Lipinski definition) is 2. The van der Waals surface area contributed by atoms with E-state index >= 15 is 0 Å². The molecule has 2 saturated heterocycles. The molecule has 2 N–H and O–H groups in total. The van der Waals surface area contributed by atoms with Gasteiger partial charge in [0.05, 0.1) is 25.4 Å². The normalized spacial score (nSPS) is 50.6. The molecule has 3 aliphatic rings. The average molecular weight is 199 g/mol. The van der Waals surface area contributed by atoms with E-state index in [0.717, 1.165) is 0 Å². The highest BCUT2D eigenvalue weighted by atomic mass is 16.6. The van der Waals surface area contributed by atoms with Crippen molar-refractivity contribution in [3.8, 4) is 0 Å². The number of aliphatic hydroxyl groups excluding tert-OH is 1. The Labute approximate surface area is 81.4 Å². The van der Waals surface area contributed by atoms with Gasteiger partial charge in [-0.25, -0.2) is 4.79 Å². The molecular weight excluding hydrogens is 186 g/mol. The van der Waals surface area contributed by atoms with Gasteiger partial charge < -0.3 is 19.9 Å². The van der Waals surface area contributed by atoms with Crippen LogP contribution in [-0.2, 0) is 9.47 Å². The summed E-state index contributed by atoms with van der Waals surface area (Å²) >= 11 is 0. The molecule has 4 atom stereocenters. The topological polar surface area (TPSA) is 67.8 Å². The number of amides is 1. The Kier molecular flexibility index (Phi) is 1.58. The Hall–Kier alpha value is -0.810. The zero-order chi connectivity index (χ0) is 9.76. The molecule has 78 valence electrons. The molecule has 5 heteroatoms. The van der Waals surface area contributed by atoms with E-state index in [2.05, 4.69) is 5.32 Å². The summed E-state index contributed by atoms with van der Waals surface area (Å²) in [5.74, 6) is 0.163. The zero-order valence-corrected chi connectivity index (χ0v) is 7.73. The first kappa shape index (κ1) is 8.49. The molecular formula is C9H13NO4. The van der Waals surface area contributed by atoms with Crippen LogP contribution in [0.4, 0.5) is 4.79 Å². The first-order valence-electron chi connectivity index (χ1n) is 4.96. The summed E-state index contributed by atoms with van der Waals surface area (Å²) in [5.41, 5.74) is -0.501. The summed E-state index contributed by atoms with van der Waals surface area (Å²) in [6.07, 6.45) is 0.749. The molecule has 14 heavy (non-hydrogen) atoms. The number of fused-ring (bicyclic) bond motifs is 2. The smallest absolute Gasteiger partial charge is 0.407 e. The van der Waals surface area contributed by atoms with Crippen molar-refractivity contribution in [2.45, 2.75) is 30.7 Å². The highest BCUT2D eigenvalue weighted by Crippen LogP contribution is 2.45. The Morgan fingerprint density at radius 2 is 2.36 bits per heavy atom. The van der Waals surface area contributed by atoms with Crippen molar-refractivity contribution in [1.82, 2.24) is 5.32 Å². The van der Waals surface area contributed by atoms with E-state index in [4.69, 9.17) is 9.47 Å². The van der Waals surface area contributed by atoms with Gasteiger partial charge in [-0.15, -0.1) is 0 Å². The second kappa shape index (κ2) is 2.61. The van der Waals surface area contributed by atoms with Crippen molar-refractivity contribution < 1.29 is 19.4 Å². The predicted molar refractivity (Wildman–Crippen MR) is 45.7 cm³/mol. The van der Waals surface area contributed by atoms with E-state index in [1.165, 1.54) is 0 Å². The molecule has 5 nitrogen and oxygen atoms in total. The summed E-state index contributed by atoms with van der Waals surface area (Å²) in [6, 6.07) is 0. The lowest BCUT2D eigenvalue weighted by molar-refractivity contribution is 0.00695. The molecule has 1 spiro atoms. The summed E-state index contributed by atoms with van der Waals surface area (Å²) in [4.78, 5) is 11.0. The molecule has 3 fully saturated rings. The highest BCUT2D eigenvalue weighted by Gasteiger charge is 2.58. The zero-order valence-electron chi connectivity index (χ0n) is 7.73.